The second-order valence-corrected chi connectivity index (χ2v) is 5.97. The first kappa shape index (κ1) is 16.6. The summed E-state index contributed by atoms with van der Waals surface area (Å²) in [6, 6.07) is 6.66. The first-order valence-electron chi connectivity index (χ1n) is 8.04. The van der Waals surface area contributed by atoms with Crippen LogP contribution in [0, 0.1) is 17.1 Å². The zero-order valence-electron chi connectivity index (χ0n) is 13.6. The zero-order valence-corrected chi connectivity index (χ0v) is 13.6. The van der Waals surface area contributed by atoms with Crippen molar-refractivity contribution >= 4 is 0 Å². The van der Waals surface area contributed by atoms with Gasteiger partial charge in [0.2, 0.25) is 0 Å². The Labute approximate surface area is 140 Å². The molecule has 7 heteroatoms. The SMILES string of the molecule is COCc1nc([C@@H]2CCCCN2Cc2ccc(C#N)cc2F)n[nH]1. The molecule has 3 rings (SSSR count). The molecule has 1 fully saturated rings. The van der Waals surface area contributed by atoms with Gasteiger partial charge in [0.05, 0.1) is 17.7 Å². The highest BCUT2D eigenvalue weighted by Gasteiger charge is 2.28. The van der Waals surface area contributed by atoms with E-state index in [0.717, 1.165) is 31.6 Å². The predicted octanol–water partition coefficient (Wildman–Crippen LogP) is 2.69. The molecule has 0 bridgehead atoms. The van der Waals surface area contributed by atoms with Crippen LogP contribution in [0.15, 0.2) is 18.2 Å². The number of nitriles is 1. The number of methoxy groups -OCH3 is 1. The summed E-state index contributed by atoms with van der Waals surface area (Å²) in [4.78, 5) is 6.70. The molecule has 0 amide bonds. The van der Waals surface area contributed by atoms with Crippen molar-refractivity contribution in [3.05, 3.63) is 46.8 Å². The van der Waals surface area contributed by atoms with Crippen LogP contribution in [0.3, 0.4) is 0 Å². The number of aromatic nitrogens is 3. The molecule has 1 aromatic heterocycles. The van der Waals surface area contributed by atoms with E-state index in [0.29, 0.717) is 30.1 Å². The molecule has 126 valence electrons. The van der Waals surface area contributed by atoms with E-state index >= 15 is 0 Å². The van der Waals surface area contributed by atoms with Crippen LogP contribution >= 0.6 is 0 Å². The third-order valence-electron chi connectivity index (χ3n) is 4.30. The lowest BCUT2D eigenvalue weighted by Gasteiger charge is -2.34. The fourth-order valence-corrected chi connectivity index (χ4v) is 3.10. The summed E-state index contributed by atoms with van der Waals surface area (Å²) < 4.78 is 19.3. The van der Waals surface area contributed by atoms with Crippen molar-refractivity contribution in [3.8, 4) is 6.07 Å². The van der Waals surface area contributed by atoms with E-state index < -0.39 is 0 Å². The number of ether oxygens (including phenoxy) is 1. The lowest BCUT2D eigenvalue weighted by Crippen LogP contribution is -2.33. The first-order valence-corrected chi connectivity index (χ1v) is 8.04. The van der Waals surface area contributed by atoms with Gasteiger partial charge in [0.25, 0.3) is 0 Å². The van der Waals surface area contributed by atoms with Crippen molar-refractivity contribution in [2.75, 3.05) is 13.7 Å². The van der Waals surface area contributed by atoms with Gasteiger partial charge >= 0.3 is 0 Å². The molecule has 0 saturated carbocycles. The number of aromatic amines is 1. The molecule has 2 aromatic rings. The van der Waals surface area contributed by atoms with Crippen LogP contribution in [-0.4, -0.2) is 33.7 Å². The monoisotopic (exact) mass is 329 g/mol. The molecular weight excluding hydrogens is 309 g/mol. The summed E-state index contributed by atoms with van der Waals surface area (Å²) in [7, 11) is 1.61. The van der Waals surface area contributed by atoms with Crippen molar-refractivity contribution in [1.82, 2.24) is 20.1 Å². The fourth-order valence-electron chi connectivity index (χ4n) is 3.10. The van der Waals surface area contributed by atoms with E-state index in [1.165, 1.54) is 6.07 Å². The Morgan fingerprint density at radius 3 is 3.08 bits per heavy atom. The van der Waals surface area contributed by atoms with Crippen molar-refractivity contribution in [2.45, 2.75) is 38.5 Å². The molecule has 0 unspecified atom stereocenters. The van der Waals surface area contributed by atoms with Gasteiger partial charge in [-0.15, -0.1) is 0 Å². The van der Waals surface area contributed by atoms with Crippen LogP contribution in [0.2, 0.25) is 0 Å². The largest absolute Gasteiger partial charge is 0.377 e. The zero-order chi connectivity index (χ0) is 16.9. The van der Waals surface area contributed by atoms with Crippen LogP contribution in [0.5, 0.6) is 0 Å². The molecule has 24 heavy (non-hydrogen) atoms. The van der Waals surface area contributed by atoms with E-state index in [9.17, 15) is 4.39 Å². The molecule has 1 N–H and O–H groups in total. The summed E-state index contributed by atoms with van der Waals surface area (Å²) in [6.45, 7) is 1.75. The normalized spacial score (nSPS) is 18.5. The second kappa shape index (κ2) is 7.51. The van der Waals surface area contributed by atoms with E-state index in [1.807, 2.05) is 6.07 Å². The Hall–Kier alpha value is -2.30. The fraction of sp³-hybridized carbons (Fsp3) is 0.471. The molecule has 1 atom stereocenters. The maximum atomic E-state index is 14.2. The molecular formula is C17H20FN5O. The summed E-state index contributed by atoms with van der Waals surface area (Å²) in [5.41, 5.74) is 0.929. The Morgan fingerprint density at radius 2 is 2.33 bits per heavy atom. The lowest BCUT2D eigenvalue weighted by atomic mass is 10.00. The molecule has 0 aliphatic carbocycles. The molecule has 1 aliphatic rings. The van der Waals surface area contributed by atoms with Crippen molar-refractivity contribution in [1.29, 1.82) is 5.26 Å². The summed E-state index contributed by atoms with van der Waals surface area (Å²) in [6.07, 6.45) is 3.12. The molecule has 1 aromatic carbocycles. The summed E-state index contributed by atoms with van der Waals surface area (Å²) >= 11 is 0. The molecule has 0 spiro atoms. The number of rotatable bonds is 5. The number of nitrogens with one attached hydrogen (secondary N) is 1. The molecule has 2 heterocycles. The van der Waals surface area contributed by atoms with E-state index in [4.69, 9.17) is 10.00 Å². The van der Waals surface area contributed by atoms with Crippen LogP contribution in [0.4, 0.5) is 4.39 Å². The first-order chi connectivity index (χ1) is 11.7. The van der Waals surface area contributed by atoms with Gasteiger partial charge < -0.3 is 4.74 Å². The van der Waals surface area contributed by atoms with Crippen LogP contribution in [0.1, 0.15) is 48.1 Å². The Morgan fingerprint density at radius 1 is 1.46 bits per heavy atom. The van der Waals surface area contributed by atoms with Gasteiger partial charge in [-0.05, 0) is 31.5 Å². The van der Waals surface area contributed by atoms with Crippen LogP contribution in [-0.2, 0) is 17.9 Å². The van der Waals surface area contributed by atoms with E-state index in [2.05, 4.69) is 20.1 Å². The minimum atomic E-state index is -0.339. The smallest absolute Gasteiger partial charge is 0.167 e. The van der Waals surface area contributed by atoms with Crippen LogP contribution < -0.4 is 0 Å². The van der Waals surface area contributed by atoms with Crippen molar-refractivity contribution in [3.63, 3.8) is 0 Å². The van der Waals surface area contributed by atoms with Gasteiger partial charge in [-0.1, -0.05) is 12.5 Å². The highest BCUT2D eigenvalue weighted by atomic mass is 19.1. The number of likely N-dealkylation sites (tertiary alicyclic amines) is 1. The standard InChI is InChI=1S/C17H20FN5O/c1-24-11-16-20-17(22-21-16)15-4-2-3-7-23(15)10-13-6-5-12(9-19)8-14(13)18/h5-6,8,15H,2-4,7,10-11H2,1H3,(H,20,21,22)/t15-/m0/s1. The predicted molar refractivity (Wildman–Crippen MR) is 85.2 cm³/mol. The Bertz CT molecular complexity index is 739. The number of piperidine rings is 1. The second-order valence-electron chi connectivity index (χ2n) is 5.97. The molecule has 1 aliphatic heterocycles. The lowest BCUT2D eigenvalue weighted by molar-refractivity contribution is 0.132. The topological polar surface area (TPSA) is 77.8 Å². The van der Waals surface area contributed by atoms with Gasteiger partial charge in [0, 0.05) is 19.2 Å². The number of H-pyrrole nitrogens is 1. The molecule has 1 saturated heterocycles. The van der Waals surface area contributed by atoms with Gasteiger partial charge in [-0.25, -0.2) is 9.37 Å². The summed E-state index contributed by atoms with van der Waals surface area (Å²) in [5, 5.41) is 16.1. The van der Waals surface area contributed by atoms with Gasteiger partial charge in [-0.3, -0.25) is 10.00 Å². The quantitative estimate of drug-likeness (QED) is 0.912. The summed E-state index contributed by atoms with van der Waals surface area (Å²) in [5.74, 6) is 1.09. The Balaban J connectivity index is 1.78. The van der Waals surface area contributed by atoms with E-state index in [1.54, 1.807) is 19.2 Å². The van der Waals surface area contributed by atoms with Gasteiger partial charge in [-0.2, -0.15) is 10.4 Å². The number of halogens is 1. The van der Waals surface area contributed by atoms with Gasteiger partial charge in [0.1, 0.15) is 12.4 Å². The average molecular weight is 329 g/mol. The van der Waals surface area contributed by atoms with Crippen molar-refractivity contribution in [2.24, 2.45) is 0 Å². The highest BCUT2D eigenvalue weighted by molar-refractivity contribution is 5.32. The Kier molecular flexibility index (Phi) is 5.18. The minimum absolute atomic E-state index is 0.0654. The third kappa shape index (κ3) is 3.61. The number of nitrogens with zero attached hydrogens (tertiary/aromatic N) is 4. The van der Waals surface area contributed by atoms with Gasteiger partial charge in [0.15, 0.2) is 11.6 Å². The molecule has 0 radical (unpaired) electrons. The maximum absolute atomic E-state index is 14.2. The maximum Gasteiger partial charge on any atom is 0.167 e. The minimum Gasteiger partial charge on any atom is -0.377 e. The van der Waals surface area contributed by atoms with E-state index in [-0.39, 0.29) is 11.9 Å². The average Bonchev–Trinajstić information content (AvgIpc) is 3.06. The highest BCUT2D eigenvalue weighted by Crippen LogP contribution is 2.30. The van der Waals surface area contributed by atoms with Crippen LogP contribution in [0.25, 0.3) is 0 Å². The number of hydrogen-bond acceptors (Lipinski definition) is 5. The third-order valence-corrected chi connectivity index (χ3v) is 4.30. The molecule has 6 nitrogen and oxygen atoms in total. The number of hydrogen-bond donors (Lipinski definition) is 1. The van der Waals surface area contributed by atoms with Crippen molar-refractivity contribution < 1.29 is 9.13 Å². The number of benzene rings is 1.